The van der Waals surface area contributed by atoms with Crippen LogP contribution in [-0.4, -0.2) is 47.0 Å². The number of aryl methyl sites for hydroxylation is 1. The van der Waals surface area contributed by atoms with Crippen LogP contribution >= 0.6 is 11.3 Å². The molecule has 0 radical (unpaired) electrons. The molecule has 1 amide bonds. The molecule has 162 valence electrons. The van der Waals surface area contributed by atoms with Gasteiger partial charge in [-0.2, -0.15) is 13.2 Å². The number of likely N-dealkylation sites (tertiary alicyclic amines) is 1. The van der Waals surface area contributed by atoms with Gasteiger partial charge in [-0.25, -0.2) is 9.97 Å². The number of thiazole rings is 1. The van der Waals surface area contributed by atoms with Crippen LogP contribution in [0.5, 0.6) is 0 Å². The van der Waals surface area contributed by atoms with Crippen LogP contribution in [0.25, 0.3) is 0 Å². The predicted molar refractivity (Wildman–Crippen MR) is 110 cm³/mol. The first-order chi connectivity index (χ1) is 14.1. The summed E-state index contributed by atoms with van der Waals surface area (Å²) >= 11 is 1.47. The normalized spacial score (nSPS) is 22.2. The van der Waals surface area contributed by atoms with E-state index >= 15 is 0 Å². The van der Waals surface area contributed by atoms with Crippen molar-refractivity contribution in [1.29, 1.82) is 0 Å². The first-order valence-electron chi connectivity index (χ1n) is 9.87. The number of hydrogen-bond donors (Lipinski definition) is 1. The highest BCUT2D eigenvalue weighted by Crippen LogP contribution is 2.42. The van der Waals surface area contributed by atoms with Gasteiger partial charge in [0.1, 0.15) is 5.82 Å². The van der Waals surface area contributed by atoms with Gasteiger partial charge in [0.2, 0.25) is 5.91 Å². The third kappa shape index (κ3) is 4.59. The van der Waals surface area contributed by atoms with Crippen LogP contribution < -0.4 is 10.2 Å². The number of carbonyl (C=O) groups is 1. The average Bonchev–Trinajstić information content (AvgIpc) is 3.36. The molecule has 2 saturated heterocycles. The zero-order chi connectivity index (χ0) is 21.5. The number of amides is 1. The minimum Gasteiger partial charge on any atom is -0.356 e. The number of alkyl halides is 3. The number of nitrogens with one attached hydrogen (secondary N) is 1. The van der Waals surface area contributed by atoms with Crippen molar-refractivity contribution in [2.24, 2.45) is 5.41 Å². The first kappa shape index (κ1) is 21.0. The lowest BCUT2D eigenvalue weighted by Gasteiger charge is -2.25. The maximum atomic E-state index is 13.2. The molecule has 1 spiro atoms. The Bertz CT molecular complexity index is 947. The lowest BCUT2D eigenvalue weighted by Crippen LogP contribution is -2.31. The summed E-state index contributed by atoms with van der Waals surface area (Å²) in [5.74, 6) is 0.278. The molecule has 6 nitrogen and oxygen atoms in total. The Kier molecular flexibility index (Phi) is 5.48. The number of carbonyl (C=O) groups excluding carboxylic acids is 1. The van der Waals surface area contributed by atoms with Crippen molar-refractivity contribution in [2.75, 3.05) is 36.4 Å². The molecule has 1 atom stereocenters. The Labute approximate surface area is 177 Å². The summed E-state index contributed by atoms with van der Waals surface area (Å²) in [6, 6.07) is 2.26. The molecule has 2 aliphatic rings. The molecule has 10 heteroatoms. The number of rotatable bonds is 4. The molecule has 0 aliphatic carbocycles. The first-order valence-corrected chi connectivity index (χ1v) is 10.7. The summed E-state index contributed by atoms with van der Waals surface area (Å²) in [6.07, 6.45) is -0.620. The van der Waals surface area contributed by atoms with Gasteiger partial charge in [0.05, 0.1) is 5.56 Å². The molecule has 0 saturated carbocycles. The molecule has 2 aliphatic heterocycles. The van der Waals surface area contributed by atoms with Crippen molar-refractivity contribution in [3.8, 4) is 0 Å². The molecule has 4 rings (SSSR count). The number of hydrogen-bond acceptors (Lipinski definition) is 6. The SMILES string of the molecule is CC(=O)Nc1ncc(CN2CCC3(CCN(c4cc(C(F)(F)F)cc(C)n4)C3)C2)s1. The van der Waals surface area contributed by atoms with Gasteiger partial charge in [0.25, 0.3) is 0 Å². The second-order valence-corrected chi connectivity index (χ2v) is 9.41. The number of halogens is 3. The second kappa shape index (κ2) is 7.81. The Morgan fingerprint density at radius 3 is 2.77 bits per heavy atom. The highest BCUT2D eigenvalue weighted by molar-refractivity contribution is 7.15. The molecule has 30 heavy (non-hydrogen) atoms. The van der Waals surface area contributed by atoms with Crippen LogP contribution in [0.1, 0.15) is 35.9 Å². The van der Waals surface area contributed by atoms with Crippen molar-refractivity contribution in [3.05, 3.63) is 34.5 Å². The molecule has 0 aromatic carbocycles. The third-order valence-corrected chi connectivity index (χ3v) is 6.66. The fourth-order valence-electron chi connectivity index (χ4n) is 4.41. The summed E-state index contributed by atoms with van der Waals surface area (Å²) in [5.41, 5.74) is -0.178. The molecule has 1 N–H and O–H groups in total. The summed E-state index contributed by atoms with van der Waals surface area (Å²) in [4.78, 5) is 25.2. The van der Waals surface area contributed by atoms with Crippen molar-refractivity contribution in [1.82, 2.24) is 14.9 Å². The van der Waals surface area contributed by atoms with E-state index in [1.807, 2.05) is 4.90 Å². The number of nitrogens with zero attached hydrogens (tertiary/aromatic N) is 4. The molecule has 2 fully saturated rings. The van der Waals surface area contributed by atoms with Gasteiger partial charge in [0.15, 0.2) is 5.13 Å². The number of anilines is 2. The van der Waals surface area contributed by atoms with E-state index in [1.165, 1.54) is 24.3 Å². The Balaban J connectivity index is 1.40. The zero-order valence-corrected chi connectivity index (χ0v) is 17.7. The minimum absolute atomic E-state index is 0.0783. The van der Waals surface area contributed by atoms with Gasteiger partial charge in [-0.15, -0.1) is 11.3 Å². The lowest BCUT2D eigenvalue weighted by atomic mass is 9.86. The van der Waals surface area contributed by atoms with E-state index in [1.54, 1.807) is 13.1 Å². The fourth-order valence-corrected chi connectivity index (χ4v) is 5.31. The number of aromatic nitrogens is 2. The van der Waals surface area contributed by atoms with Gasteiger partial charge in [-0.05, 0) is 38.4 Å². The smallest absolute Gasteiger partial charge is 0.356 e. The van der Waals surface area contributed by atoms with E-state index in [0.29, 0.717) is 16.6 Å². The number of pyridine rings is 1. The fraction of sp³-hybridized carbons (Fsp3) is 0.550. The highest BCUT2D eigenvalue weighted by Gasteiger charge is 2.44. The van der Waals surface area contributed by atoms with Crippen LogP contribution in [0.2, 0.25) is 0 Å². The van der Waals surface area contributed by atoms with Crippen molar-refractivity contribution in [2.45, 2.75) is 39.4 Å². The molecular weight excluding hydrogens is 415 g/mol. The van der Waals surface area contributed by atoms with Crippen LogP contribution in [0.15, 0.2) is 18.3 Å². The largest absolute Gasteiger partial charge is 0.416 e. The summed E-state index contributed by atoms with van der Waals surface area (Å²) in [7, 11) is 0. The van der Waals surface area contributed by atoms with Crippen LogP contribution in [0.3, 0.4) is 0 Å². The van der Waals surface area contributed by atoms with Crippen molar-refractivity contribution >= 4 is 28.2 Å². The van der Waals surface area contributed by atoms with Crippen molar-refractivity contribution < 1.29 is 18.0 Å². The maximum absolute atomic E-state index is 13.2. The summed E-state index contributed by atoms with van der Waals surface area (Å²) in [5, 5.41) is 3.30. The van der Waals surface area contributed by atoms with Crippen molar-refractivity contribution in [3.63, 3.8) is 0 Å². The van der Waals surface area contributed by atoms with Gasteiger partial charge in [0, 0.05) is 55.3 Å². The molecule has 2 aromatic heterocycles. The average molecular weight is 440 g/mol. The summed E-state index contributed by atoms with van der Waals surface area (Å²) < 4.78 is 39.5. The van der Waals surface area contributed by atoms with E-state index in [4.69, 9.17) is 0 Å². The quantitative estimate of drug-likeness (QED) is 0.782. The van der Waals surface area contributed by atoms with E-state index < -0.39 is 11.7 Å². The predicted octanol–water partition coefficient (Wildman–Crippen LogP) is 3.93. The van der Waals surface area contributed by atoms with E-state index in [0.717, 1.165) is 56.5 Å². The van der Waals surface area contributed by atoms with E-state index in [2.05, 4.69) is 20.2 Å². The molecule has 2 aromatic rings. The molecule has 1 unspecified atom stereocenters. The van der Waals surface area contributed by atoms with E-state index in [-0.39, 0.29) is 11.3 Å². The van der Waals surface area contributed by atoms with Gasteiger partial charge in [-0.1, -0.05) is 0 Å². The van der Waals surface area contributed by atoms with Crippen LogP contribution in [-0.2, 0) is 17.5 Å². The molecule has 4 heterocycles. The van der Waals surface area contributed by atoms with Crippen LogP contribution in [0, 0.1) is 12.3 Å². The molecule has 0 bridgehead atoms. The molecular formula is C20H24F3N5OS. The Morgan fingerprint density at radius 2 is 2.03 bits per heavy atom. The van der Waals surface area contributed by atoms with E-state index in [9.17, 15) is 18.0 Å². The minimum atomic E-state index is -4.37. The summed E-state index contributed by atoms with van der Waals surface area (Å²) in [6.45, 7) is 7.10. The monoisotopic (exact) mass is 439 g/mol. The standard InChI is InChI=1S/C20H24F3N5OS/c1-13-7-15(20(21,22)23)8-17(25-13)28-6-4-19(12-28)3-5-27(11-19)10-16-9-24-18(30-16)26-14(2)29/h7-9H,3-6,10-12H2,1-2H3,(H,24,26,29). The Hall–Kier alpha value is -2.20. The lowest BCUT2D eigenvalue weighted by molar-refractivity contribution is -0.137. The Morgan fingerprint density at radius 1 is 1.27 bits per heavy atom. The highest BCUT2D eigenvalue weighted by atomic mass is 32.1. The van der Waals surface area contributed by atoms with Gasteiger partial charge in [-0.3, -0.25) is 9.69 Å². The maximum Gasteiger partial charge on any atom is 0.416 e. The van der Waals surface area contributed by atoms with Crippen LogP contribution in [0.4, 0.5) is 24.1 Å². The van der Waals surface area contributed by atoms with Gasteiger partial charge >= 0.3 is 6.18 Å². The second-order valence-electron chi connectivity index (χ2n) is 8.30. The third-order valence-electron chi connectivity index (χ3n) is 5.76. The van der Waals surface area contributed by atoms with Gasteiger partial charge < -0.3 is 10.2 Å². The topological polar surface area (TPSA) is 61.4 Å². The zero-order valence-electron chi connectivity index (χ0n) is 16.9.